The fourth-order valence-electron chi connectivity index (χ4n) is 9.98. The Labute approximate surface area is 449 Å². The van der Waals surface area contributed by atoms with Crippen molar-refractivity contribution in [1.29, 1.82) is 0 Å². The Bertz CT molecular complexity index is 1170. The maximum absolute atomic E-state index is 12.5. The molecule has 72 heavy (non-hydrogen) atoms. The molecule has 0 aromatic rings. The smallest absolute Gasteiger partial charge is 0.305 e. The van der Waals surface area contributed by atoms with Crippen molar-refractivity contribution < 1.29 is 24.5 Å². The second-order valence-corrected chi connectivity index (χ2v) is 22.1. The summed E-state index contributed by atoms with van der Waals surface area (Å²) in [6, 6.07) is -0.551. The van der Waals surface area contributed by atoms with Gasteiger partial charge in [0.1, 0.15) is 0 Å². The fourth-order valence-corrected chi connectivity index (χ4v) is 9.98. The zero-order valence-electron chi connectivity index (χ0n) is 48.4. The van der Waals surface area contributed by atoms with Gasteiger partial charge in [0.15, 0.2) is 0 Å². The summed E-state index contributed by atoms with van der Waals surface area (Å²) in [7, 11) is 0. The van der Waals surface area contributed by atoms with E-state index in [9.17, 15) is 19.8 Å². The van der Waals surface area contributed by atoms with Gasteiger partial charge in [0.05, 0.1) is 25.4 Å². The first-order chi connectivity index (χ1) is 35.5. The van der Waals surface area contributed by atoms with E-state index in [1.165, 1.54) is 244 Å². The van der Waals surface area contributed by atoms with Gasteiger partial charge in [-0.3, -0.25) is 9.59 Å². The first-order valence-electron chi connectivity index (χ1n) is 32.3. The summed E-state index contributed by atoms with van der Waals surface area (Å²) in [6.45, 7) is 4.93. The summed E-state index contributed by atoms with van der Waals surface area (Å²) in [5, 5.41) is 23.4. The van der Waals surface area contributed by atoms with Gasteiger partial charge in [-0.1, -0.05) is 288 Å². The summed E-state index contributed by atoms with van der Waals surface area (Å²) in [4.78, 5) is 24.6. The number of hydrogen-bond donors (Lipinski definition) is 3. The number of amides is 1. The number of unbranched alkanes of at least 4 members (excludes halogenated alkanes) is 44. The number of rotatable bonds is 60. The van der Waals surface area contributed by atoms with Crippen LogP contribution < -0.4 is 5.32 Å². The van der Waals surface area contributed by atoms with Crippen molar-refractivity contribution >= 4 is 11.9 Å². The second-order valence-electron chi connectivity index (χ2n) is 22.1. The first kappa shape index (κ1) is 70.1. The molecule has 0 spiro atoms. The van der Waals surface area contributed by atoms with Gasteiger partial charge in [0.25, 0.3) is 0 Å². The summed E-state index contributed by atoms with van der Waals surface area (Å²) < 4.78 is 5.46. The minimum absolute atomic E-state index is 0.0203. The SMILES string of the molecule is CCCCCCCCC/C=C\CCCCCCCC(=O)OCCCCC/C=C\C=C/CCCCCCCCCCCCC(=O)NC(CO)C(O)CCCCCCCCCCCCCCCCCCCCCC. The van der Waals surface area contributed by atoms with E-state index in [0.717, 1.165) is 70.6 Å². The van der Waals surface area contributed by atoms with Crippen molar-refractivity contribution in [2.24, 2.45) is 0 Å². The molecule has 0 aromatic heterocycles. The Morgan fingerprint density at radius 2 is 0.694 bits per heavy atom. The van der Waals surface area contributed by atoms with Crippen molar-refractivity contribution in [3.8, 4) is 0 Å². The van der Waals surface area contributed by atoms with Gasteiger partial charge in [0, 0.05) is 12.8 Å². The second kappa shape index (κ2) is 61.6. The molecule has 2 unspecified atom stereocenters. The van der Waals surface area contributed by atoms with Gasteiger partial charge in [-0.05, 0) is 83.5 Å². The average molecular weight is 1010 g/mol. The van der Waals surface area contributed by atoms with E-state index in [0.29, 0.717) is 25.9 Å². The highest BCUT2D eigenvalue weighted by atomic mass is 16.5. The standard InChI is InChI=1S/C66H125NO5/c1-3-5-7-9-11-13-15-17-19-21-22-24-27-30-34-38-42-46-50-54-58-64(69)63(62-68)67-65(70)59-55-51-47-43-39-35-31-28-25-23-26-29-33-37-41-45-49-53-57-61-72-66(71)60-56-52-48-44-40-36-32-20-18-16-14-12-10-8-6-4-2/h20,29,32-33,37,41,63-64,68-69H,3-19,21-28,30-31,34-36,38-40,42-62H2,1-2H3,(H,67,70)/b32-20-,33-29-,41-37-. The van der Waals surface area contributed by atoms with Crippen LogP contribution in [0.25, 0.3) is 0 Å². The molecule has 0 heterocycles. The minimum atomic E-state index is -0.673. The zero-order chi connectivity index (χ0) is 52.2. The van der Waals surface area contributed by atoms with Crippen molar-refractivity contribution in [3.05, 3.63) is 36.5 Å². The molecule has 0 aliphatic heterocycles. The Morgan fingerprint density at radius 3 is 1.07 bits per heavy atom. The number of nitrogens with one attached hydrogen (secondary N) is 1. The molecule has 2 atom stereocenters. The Balaban J connectivity index is 3.47. The molecule has 0 aliphatic carbocycles. The number of ether oxygens (including phenoxy) is 1. The van der Waals surface area contributed by atoms with Crippen molar-refractivity contribution in [3.63, 3.8) is 0 Å². The molecule has 0 bridgehead atoms. The molecular formula is C66H125NO5. The van der Waals surface area contributed by atoms with Crippen LogP contribution in [-0.4, -0.2) is 47.4 Å². The number of carbonyl (C=O) groups is 2. The van der Waals surface area contributed by atoms with Crippen LogP contribution in [0.2, 0.25) is 0 Å². The lowest BCUT2D eigenvalue weighted by Crippen LogP contribution is -2.45. The number of aliphatic hydroxyl groups excluding tert-OH is 2. The lowest BCUT2D eigenvalue weighted by molar-refractivity contribution is -0.143. The number of allylic oxidation sites excluding steroid dienone is 6. The summed E-state index contributed by atoms with van der Waals surface area (Å²) in [6.07, 6.45) is 77.3. The van der Waals surface area contributed by atoms with E-state index < -0.39 is 12.1 Å². The Hall–Kier alpha value is -1.92. The summed E-state index contributed by atoms with van der Waals surface area (Å²) in [5.41, 5.74) is 0. The lowest BCUT2D eigenvalue weighted by atomic mass is 10.0. The number of carbonyl (C=O) groups excluding carboxylic acids is 2. The van der Waals surface area contributed by atoms with Crippen LogP contribution in [0.15, 0.2) is 36.5 Å². The molecule has 6 nitrogen and oxygen atoms in total. The van der Waals surface area contributed by atoms with Crippen molar-refractivity contribution in [2.45, 2.75) is 360 Å². The average Bonchev–Trinajstić information content (AvgIpc) is 3.38. The molecular weight excluding hydrogens is 887 g/mol. The molecule has 1 amide bonds. The molecule has 0 saturated carbocycles. The number of esters is 1. The van der Waals surface area contributed by atoms with Crippen LogP contribution in [0.3, 0.4) is 0 Å². The summed E-state index contributed by atoms with van der Waals surface area (Å²) in [5.74, 6) is -0.0625. The van der Waals surface area contributed by atoms with Crippen LogP contribution in [0.1, 0.15) is 348 Å². The topological polar surface area (TPSA) is 95.9 Å². The van der Waals surface area contributed by atoms with Crippen LogP contribution in [0.4, 0.5) is 0 Å². The van der Waals surface area contributed by atoms with E-state index in [1.54, 1.807) is 0 Å². The third kappa shape index (κ3) is 57.4. The largest absolute Gasteiger partial charge is 0.466 e. The molecule has 6 heteroatoms. The Kier molecular flexibility index (Phi) is 60.0. The molecule has 0 rings (SSSR count). The highest BCUT2D eigenvalue weighted by Crippen LogP contribution is 2.18. The monoisotopic (exact) mass is 1010 g/mol. The predicted octanol–water partition coefficient (Wildman–Crippen LogP) is 20.4. The van der Waals surface area contributed by atoms with Crippen LogP contribution in [0.5, 0.6) is 0 Å². The Morgan fingerprint density at radius 1 is 0.389 bits per heavy atom. The normalized spacial score (nSPS) is 12.8. The molecule has 0 fully saturated rings. The predicted molar refractivity (Wildman–Crippen MR) is 315 cm³/mol. The lowest BCUT2D eigenvalue weighted by Gasteiger charge is -2.22. The van der Waals surface area contributed by atoms with E-state index in [-0.39, 0.29) is 18.5 Å². The molecule has 0 saturated heterocycles. The van der Waals surface area contributed by atoms with Crippen LogP contribution in [-0.2, 0) is 14.3 Å². The van der Waals surface area contributed by atoms with Gasteiger partial charge in [0.2, 0.25) is 5.91 Å². The van der Waals surface area contributed by atoms with E-state index in [4.69, 9.17) is 4.74 Å². The summed E-state index contributed by atoms with van der Waals surface area (Å²) >= 11 is 0. The van der Waals surface area contributed by atoms with Gasteiger partial charge in [-0.2, -0.15) is 0 Å². The number of aliphatic hydroxyl groups is 2. The zero-order valence-corrected chi connectivity index (χ0v) is 48.4. The maximum Gasteiger partial charge on any atom is 0.305 e. The van der Waals surface area contributed by atoms with Crippen LogP contribution >= 0.6 is 0 Å². The number of hydrogen-bond acceptors (Lipinski definition) is 5. The fraction of sp³-hybridized carbons (Fsp3) is 0.879. The van der Waals surface area contributed by atoms with Gasteiger partial charge >= 0.3 is 5.97 Å². The molecule has 0 aromatic carbocycles. The maximum atomic E-state index is 12.5. The quantitative estimate of drug-likeness (QED) is 0.0244. The van der Waals surface area contributed by atoms with E-state index in [1.807, 2.05) is 0 Å². The highest BCUT2D eigenvalue weighted by Gasteiger charge is 2.20. The third-order valence-electron chi connectivity index (χ3n) is 14.9. The molecule has 424 valence electrons. The first-order valence-corrected chi connectivity index (χ1v) is 32.3. The van der Waals surface area contributed by atoms with Crippen molar-refractivity contribution in [1.82, 2.24) is 5.32 Å². The van der Waals surface area contributed by atoms with Crippen molar-refractivity contribution in [2.75, 3.05) is 13.2 Å². The molecule has 3 N–H and O–H groups in total. The van der Waals surface area contributed by atoms with Gasteiger partial charge in [-0.15, -0.1) is 0 Å². The minimum Gasteiger partial charge on any atom is -0.466 e. The van der Waals surface area contributed by atoms with E-state index in [2.05, 4.69) is 55.6 Å². The van der Waals surface area contributed by atoms with Crippen LogP contribution in [0, 0.1) is 0 Å². The van der Waals surface area contributed by atoms with Gasteiger partial charge in [-0.25, -0.2) is 0 Å². The molecule has 0 radical (unpaired) electrons. The molecule has 0 aliphatic rings. The highest BCUT2D eigenvalue weighted by molar-refractivity contribution is 5.76. The van der Waals surface area contributed by atoms with Gasteiger partial charge < -0.3 is 20.3 Å². The van der Waals surface area contributed by atoms with E-state index >= 15 is 0 Å². The third-order valence-corrected chi connectivity index (χ3v) is 14.9.